The van der Waals surface area contributed by atoms with Gasteiger partial charge in [-0.15, -0.1) is 0 Å². The lowest BCUT2D eigenvalue weighted by atomic mass is 9.92. The van der Waals surface area contributed by atoms with Gasteiger partial charge in [0.1, 0.15) is 4.90 Å². The predicted octanol–water partition coefficient (Wildman–Crippen LogP) is 5.55. The number of rotatable bonds is 9. The Labute approximate surface area is 145 Å². The number of benzene rings is 2. The molecule has 0 fully saturated rings. The minimum atomic E-state index is -4.21. The van der Waals surface area contributed by atoms with E-state index in [9.17, 15) is 13.0 Å². The molecular weight excluding hydrogens is 320 g/mol. The number of hydrogen-bond donors (Lipinski definition) is 1. The van der Waals surface area contributed by atoms with Gasteiger partial charge in [0, 0.05) is 5.39 Å². The lowest BCUT2D eigenvalue weighted by Crippen LogP contribution is -2.02. The average Bonchev–Trinajstić information content (AvgIpc) is 2.55. The number of aryl methyl sites for hydroxylation is 2. The molecule has 0 saturated carbocycles. The van der Waals surface area contributed by atoms with Crippen LogP contribution in [0.4, 0.5) is 0 Å². The maximum absolute atomic E-state index is 11.7. The molecule has 0 radical (unpaired) electrons. The first-order valence-corrected chi connectivity index (χ1v) is 10.4. The summed E-state index contributed by atoms with van der Waals surface area (Å²) in [5.74, 6) is 0. The van der Waals surface area contributed by atoms with Crippen LogP contribution in [0.3, 0.4) is 0 Å². The first-order valence-electron chi connectivity index (χ1n) is 9.00. The maximum Gasteiger partial charge on any atom is 0.295 e. The molecular formula is C20H28O3S. The van der Waals surface area contributed by atoms with E-state index in [1.807, 2.05) is 18.2 Å². The van der Waals surface area contributed by atoms with Gasteiger partial charge in [-0.05, 0) is 48.3 Å². The van der Waals surface area contributed by atoms with Gasteiger partial charge in [0.15, 0.2) is 0 Å². The molecule has 2 rings (SSSR count). The van der Waals surface area contributed by atoms with Crippen LogP contribution in [0.1, 0.15) is 63.5 Å². The molecule has 0 spiro atoms. The second-order valence-corrected chi connectivity index (χ2v) is 7.83. The fraction of sp³-hybridized carbons (Fsp3) is 0.500. The van der Waals surface area contributed by atoms with Crippen LogP contribution in [0.2, 0.25) is 0 Å². The lowest BCUT2D eigenvalue weighted by molar-refractivity contribution is 0.484. The van der Waals surface area contributed by atoms with E-state index in [0.29, 0.717) is 5.39 Å². The van der Waals surface area contributed by atoms with Crippen LogP contribution < -0.4 is 0 Å². The molecule has 0 atom stereocenters. The molecule has 0 aliphatic carbocycles. The number of unbranched alkanes of at least 4 members (excludes halogenated alkanes) is 4. The molecule has 0 aliphatic rings. The van der Waals surface area contributed by atoms with Gasteiger partial charge < -0.3 is 0 Å². The average molecular weight is 349 g/mol. The van der Waals surface area contributed by atoms with Gasteiger partial charge in [-0.25, -0.2) is 0 Å². The van der Waals surface area contributed by atoms with Crippen molar-refractivity contribution in [1.82, 2.24) is 0 Å². The first-order chi connectivity index (χ1) is 11.5. The summed E-state index contributed by atoms with van der Waals surface area (Å²) in [7, 11) is -4.21. The molecule has 0 aromatic heterocycles. The fourth-order valence-electron chi connectivity index (χ4n) is 3.31. The Hall–Kier alpha value is -1.39. The van der Waals surface area contributed by atoms with Crippen molar-refractivity contribution in [3.05, 3.63) is 41.5 Å². The van der Waals surface area contributed by atoms with Crippen molar-refractivity contribution in [2.75, 3.05) is 0 Å². The molecule has 0 heterocycles. The monoisotopic (exact) mass is 348 g/mol. The van der Waals surface area contributed by atoms with E-state index in [-0.39, 0.29) is 4.90 Å². The molecule has 0 amide bonds. The summed E-state index contributed by atoms with van der Waals surface area (Å²) < 4.78 is 32.8. The molecule has 0 bridgehead atoms. The van der Waals surface area contributed by atoms with Crippen molar-refractivity contribution in [3.8, 4) is 0 Å². The van der Waals surface area contributed by atoms with E-state index >= 15 is 0 Å². The molecule has 1 N–H and O–H groups in total. The summed E-state index contributed by atoms with van der Waals surface area (Å²) in [4.78, 5) is 0.0110. The minimum Gasteiger partial charge on any atom is -0.282 e. The quantitative estimate of drug-likeness (QED) is 0.477. The third-order valence-corrected chi connectivity index (χ3v) is 5.50. The zero-order valence-electron chi connectivity index (χ0n) is 14.7. The van der Waals surface area contributed by atoms with Gasteiger partial charge in [-0.1, -0.05) is 63.8 Å². The van der Waals surface area contributed by atoms with Crippen molar-refractivity contribution >= 4 is 20.9 Å². The standard InChI is InChI=1S/C20H28O3S/c1-3-5-7-10-16-14-15-19-18(17(16)11-8-6-4-2)12-9-13-20(19)24(21,22)23/h9,12-15H,3-8,10-11H2,1-2H3,(H,21,22,23). The van der Waals surface area contributed by atoms with Gasteiger partial charge in [0.2, 0.25) is 0 Å². The highest BCUT2D eigenvalue weighted by molar-refractivity contribution is 7.86. The van der Waals surface area contributed by atoms with Crippen LogP contribution in [-0.2, 0) is 23.0 Å². The molecule has 4 heteroatoms. The third-order valence-electron chi connectivity index (χ3n) is 4.59. The molecule has 3 nitrogen and oxygen atoms in total. The highest BCUT2D eigenvalue weighted by Crippen LogP contribution is 2.30. The summed E-state index contributed by atoms with van der Waals surface area (Å²) >= 11 is 0. The Balaban J connectivity index is 2.52. The van der Waals surface area contributed by atoms with Crippen LogP contribution in [0.15, 0.2) is 35.2 Å². The largest absolute Gasteiger partial charge is 0.295 e. The number of hydrogen-bond acceptors (Lipinski definition) is 2. The summed E-state index contributed by atoms with van der Waals surface area (Å²) in [6.07, 6.45) is 8.97. The third kappa shape index (κ3) is 4.58. The first kappa shape index (κ1) is 18.9. The van der Waals surface area contributed by atoms with Gasteiger partial charge >= 0.3 is 0 Å². The summed E-state index contributed by atoms with van der Waals surface area (Å²) in [5.41, 5.74) is 2.57. The van der Waals surface area contributed by atoms with E-state index in [1.165, 1.54) is 36.5 Å². The Morgan fingerprint density at radius 3 is 2.12 bits per heavy atom. The second kappa shape index (κ2) is 8.63. The van der Waals surface area contributed by atoms with Crippen LogP contribution in [0.25, 0.3) is 10.8 Å². The minimum absolute atomic E-state index is 0.0110. The number of fused-ring (bicyclic) bond motifs is 1. The normalized spacial score (nSPS) is 12.0. The second-order valence-electron chi connectivity index (χ2n) is 6.44. The molecule has 2 aromatic carbocycles. The van der Waals surface area contributed by atoms with Gasteiger partial charge in [0.05, 0.1) is 0 Å². The van der Waals surface area contributed by atoms with E-state index in [4.69, 9.17) is 0 Å². The zero-order valence-corrected chi connectivity index (χ0v) is 15.5. The predicted molar refractivity (Wildman–Crippen MR) is 100 cm³/mol. The molecule has 24 heavy (non-hydrogen) atoms. The van der Waals surface area contributed by atoms with Crippen LogP contribution in [0.5, 0.6) is 0 Å². The van der Waals surface area contributed by atoms with E-state index in [1.54, 1.807) is 6.07 Å². The van der Waals surface area contributed by atoms with Crippen molar-refractivity contribution in [1.29, 1.82) is 0 Å². The van der Waals surface area contributed by atoms with Crippen LogP contribution in [-0.4, -0.2) is 13.0 Å². The Kier molecular flexibility index (Phi) is 6.81. The smallest absolute Gasteiger partial charge is 0.282 e. The van der Waals surface area contributed by atoms with Crippen LogP contribution >= 0.6 is 0 Å². The zero-order chi connectivity index (χ0) is 17.6. The topological polar surface area (TPSA) is 54.4 Å². The Bertz CT molecular complexity index is 779. The maximum atomic E-state index is 11.7. The van der Waals surface area contributed by atoms with Gasteiger partial charge in [-0.3, -0.25) is 4.55 Å². The van der Waals surface area contributed by atoms with E-state index in [0.717, 1.165) is 37.5 Å². The van der Waals surface area contributed by atoms with Crippen molar-refractivity contribution in [3.63, 3.8) is 0 Å². The highest BCUT2D eigenvalue weighted by atomic mass is 32.2. The van der Waals surface area contributed by atoms with Crippen molar-refractivity contribution in [2.24, 2.45) is 0 Å². The lowest BCUT2D eigenvalue weighted by Gasteiger charge is -2.15. The summed E-state index contributed by atoms with van der Waals surface area (Å²) in [6.45, 7) is 4.38. The van der Waals surface area contributed by atoms with Gasteiger partial charge in [-0.2, -0.15) is 8.42 Å². The van der Waals surface area contributed by atoms with Crippen molar-refractivity contribution in [2.45, 2.75) is 70.1 Å². The summed E-state index contributed by atoms with van der Waals surface area (Å²) in [5, 5.41) is 1.60. The van der Waals surface area contributed by atoms with E-state index < -0.39 is 10.1 Å². The fourth-order valence-corrected chi connectivity index (χ4v) is 4.01. The van der Waals surface area contributed by atoms with E-state index in [2.05, 4.69) is 13.8 Å². The van der Waals surface area contributed by atoms with Gasteiger partial charge in [0.25, 0.3) is 10.1 Å². The molecule has 0 saturated heterocycles. The molecule has 0 aliphatic heterocycles. The SMILES string of the molecule is CCCCCc1ccc2c(S(=O)(=O)O)cccc2c1CCCCC. The highest BCUT2D eigenvalue weighted by Gasteiger charge is 2.16. The Morgan fingerprint density at radius 2 is 1.50 bits per heavy atom. The molecule has 2 aromatic rings. The molecule has 0 unspecified atom stereocenters. The van der Waals surface area contributed by atoms with Crippen molar-refractivity contribution < 1.29 is 13.0 Å². The Morgan fingerprint density at radius 1 is 0.833 bits per heavy atom. The summed E-state index contributed by atoms with van der Waals surface area (Å²) in [6, 6.07) is 9.08. The van der Waals surface area contributed by atoms with Crippen LogP contribution in [0, 0.1) is 0 Å². The molecule has 132 valence electrons.